The highest BCUT2D eigenvalue weighted by Crippen LogP contribution is 2.16. The van der Waals surface area contributed by atoms with Gasteiger partial charge in [0.15, 0.2) is 0 Å². The van der Waals surface area contributed by atoms with Gasteiger partial charge in [-0.1, -0.05) is 247 Å². The Balaban J connectivity index is 4.80. The predicted molar refractivity (Wildman–Crippen MR) is 287 cm³/mol. The minimum Gasteiger partial charge on any atom is -0.458 e. The number of aliphatic hydroxyl groups is 2. The number of amides is 1. The minimum absolute atomic E-state index is 0.0622. The topological polar surface area (TPSA) is 95.9 Å². The van der Waals surface area contributed by atoms with Crippen molar-refractivity contribution in [1.82, 2.24) is 5.32 Å². The normalized spacial score (nSPS) is 14.0. The molecule has 0 rings (SSSR count). The summed E-state index contributed by atoms with van der Waals surface area (Å²) in [6.45, 7) is 6.33. The molecule has 0 aromatic rings. The molecular formula is C60H103NO5. The lowest BCUT2D eigenvalue weighted by atomic mass is 10.0. The molecule has 0 saturated heterocycles. The van der Waals surface area contributed by atoms with Gasteiger partial charge in [-0.3, -0.25) is 9.59 Å². The Kier molecular flexibility index (Phi) is 50.2. The van der Waals surface area contributed by atoms with E-state index in [1.807, 2.05) is 6.08 Å². The van der Waals surface area contributed by atoms with Crippen LogP contribution < -0.4 is 5.32 Å². The van der Waals surface area contributed by atoms with Crippen molar-refractivity contribution < 1.29 is 24.5 Å². The van der Waals surface area contributed by atoms with Crippen LogP contribution in [0.1, 0.15) is 245 Å². The van der Waals surface area contributed by atoms with Crippen molar-refractivity contribution in [1.29, 1.82) is 0 Å². The SMILES string of the molecule is CC/C=C\C/C=C\C/C=C\C/C=C\C/C=C\C/C=C\C(CC(=O)NC(CO)C(O)CCCCCCCCCCCCCCCC)OC(=O)CCCCC/C=C/C=C/CCCCCCCCC. The zero-order valence-electron chi connectivity index (χ0n) is 43.0. The van der Waals surface area contributed by atoms with Crippen LogP contribution in [-0.2, 0) is 14.3 Å². The molecule has 0 spiro atoms. The summed E-state index contributed by atoms with van der Waals surface area (Å²) in [6, 6.07) is -0.754. The Morgan fingerprint density at radius 2 is 0.879 bits per heavy atom. The van der Waals surface area contributed by atoms with Crippen molar-refractivity contribution in [2.24, 2.45) is 0 Å². The summed E-state index contributed by atoms with van der Waals surface area (Å²) in [4.78, 5) is 26.1. The Morgan fingerprint density at radius 3 is 1.32 bits per heavy atom. The van der Waals surface area contributed by atoms with E-state index in [1.165, 1.54) is 116 Å². The van der Waals surface area contributed by atoms with Gasteiger partial charge in [-0.2, -0.15) is 0 Å². The Hall–Kier alpha value is -3.22. The number of unbranched alkanes of at least 4 members (excludes halogenated alkanes) is 23. The molecule has 0 saturated carbocycles. The van der Waals surface area contributed by atoms with Gasteiger partial charge in [0.25, 0.3) is 0 Å². The van der Waals surface area contributed by atoms with Crippen LogP contribution in [0.4, 0.5) is 0 Å². The Labute approximate surface area is 407 Å². The van der Waals surface area contributed by atoms with Gasteiger partial charge in [-0.15, -0.1) is 0 Å². The van der Waals surface area contributed by atoms with Crippen molar-refractivity contribution in [3.05, 3.63) is 97.2 Å². The van der Waals surface area contributed by atoms with Gasteiger partial charge < -0.3 is 20.3 Å². The molecule has 0 aliphatic heterocycles. The van der Waals surface area contributed by atoms with Crippen LogP contribution in [0.15, 0.2) is 97.2 Å². The predicted octanol–water partition coefficient (Wildman–Crippen LogP) is 16.9. The van der Waals surface area contributed by atoms with Gasteiger partial charge in [-0.25, -0.2) is 0 Å². The summed E-state index contributed by atoms with van der Waals surface area (Å²) in [7, 11) is 0. The van der Waals surface area contributed by atoms with Gasteiger partial charge in [0, 0.05) is 6.42 Å². The molecule has 3 N–H and O–H groups in total. The number of allylic oxidation sites excluding steroid dienone is 15. The molecule has 6 heteroatoms. The molecule has 0 fully saturated rings. The highest BCUT2D eigenvalue weighted by molar-refractivity contribution is 5.78. The highest BCUT2D eigenvalue weighted by atomic mass is 16.5. The third-order valence-corrected chi connectivity index (χ3v) is 11.9. The Bertz CT molecular complexity index is 1310. The quantitative estimate of drug-likeness (QED) is 0.0245. The van der Waals surface area contributed by atoms with Crippen LogP contribution >= 0.6 is 0 Å². The molecule has 0 heterocycles. The molecule has 1 amide bonds. The van der Waals surface area contributed by atoms with E-state index in [0.29, 0.717) is 19.3 Å². The highest BCUT2D eigenvalue weighted by Gasteiger charge is 2.23. The summed E-state index contributed by atoms with van der Waals surface area (Å²) in [5.74, 6) is -0.664. The van der Waals surface area contributed by atoms with Crippen molar-refractivity contribution in [2.75, 3.05) is 6.61 Å². The number of carbonyl (C=O) groups excluding carboxylic acids is 2. The van der Waals surface area contributed by atoms with Crippen molar-refractivity contribution >= 4 is 11.9 Å². The number of aliphatic hydroxyl groups excluding tert-OH is 2. The molecule has 0 bridgehead atoms. The maximum Gasteiger partial charge on any atom is 0.306 e. The largest absolute Gasteiger partial charge is 0.458 e. The van der Waals surface area contributed by atoms with Gasteiger partial charge >= 0.3 is 5.97 Å². The maximum absolute atomic E-state index is 13.2. The minimum atomic E-state index is -0.830. The van der Waals surface area contributed by atoms with Crippen molar-refractivity contribution in [3.63, 3.8) is 0 Å². The summed E-state index contributed by atoms with van der Waals surface area (Å²) >= 11 is 0. The molecule has 0 radical (unpaired) electrons. The molecule has 0 aromatic carbocycles. The molecule has 0 aliphatic rings. The smallest absolute Gasteiger partial charge is 0.306 e. The molecule has 0 aliphatic carbocycles. The standard InChI is InChI=1S/C60H103NO5/c1-4-7-10-13-16-19-22-25-28-30-31-33-36-39-42-45-48-51-56(66-60(65)53-50-47-44-41-38-35-32-29-26-23-20-17-14-11-8-5-2)54-59(64)61-57(55-62)58(63)52-49-46-43-40-37-34-27-24-21-18-15-12-9-6-3/h7,10,16,19,25,28-29,31-33,35,38-39,42,48,51,56-58,62-63H,4-6,8-9,11-15,17-18,20-24,26-27,30,34,36-37,40-41,43-47,49-50,52-55H2,1-3H3,(H,61,64)/b10-7-,19-16-,28-25-,32-29+,33-31-,38-35+,42-39-,51-48-. The zero-order chi connectivity index (χ0) is 48.1. The summed E-state index contributed by atoms with van der Waals surface area (Å²) in [5.41, 5.74) is 0. The van der Waals surface area contributed by atoms with Gasteiger partial charge in [-0.05, 0) is 83.1 Å². The first-order valence-electron chi connectivity index (χ1n) is 27.5. The number of hydrogen-bond donors (Lipinski definition) is 3. The molecule has 378 valence electrons. The average molecular weight is 918 g/mol. The van der Waals surface area contributed by atoms with E-state index < -0.39 is 18.2 Å². The third kappa shape index (κ3) is 47.3. The number of rotatable bonds is 48. The van der Waals surface area contributed by atoms with Crippen LogP contribution in [0.2, 0.25) is 0 Å². The number of carbonyl (C=O) groups is 2. The molecule has 6 nitrogen and oxygen atoms in total. The lowest BCUT2D eigenvalue weighted by Gasteiger charge is -2.23. The van der Waals surface area contributed by atoms with Gasteiger partial charge in [0.1, 0.15) is 6.10 Å². The number of esters is 1. The average Bonchev–Trinajstić information content (AvgIpc) is 3.31. The number of nitrogens with one attached hydrogen (secondary N) is 1. The van der Waals surface area contributed by atoms with E-state index in [9.17, 15) is 19.8 Å². The first kappa shape index (κ1) is 62.8. The first-order valence-corrected chi connectivity index (χ1v) is 27.5. The van der Waals surface area contributed by atoms with Crippen molar-refractivity contribution in [3.8, 4) is 0 Å². The lowest BCUT2D eigenvalue weighted by Crippen LogP contribution is -2.46. The molecule has 3 atom stereocenters. The van der Waals surface area contributed by atoms with Crippen molar-refractivity contribution in [2.45, 2.75) is 264 Å². The summed E-state index contributed by atoms with van der Waals surface area (Å²) < 4.78 is 5.82. The van der Waals surface area contributed by atoms with Gasteiger partial charge in [0.05, 0.1) is 25.2 Å². The summed E-state index contributed by atoms with van der Waals surface area (Å²) in [5, 5.41) is 23.8. The van der Waals surface area contributed by atoms with E-state index in [2.05, 4.69) is 111 Å². The fourth-order valence-electron chi connectivity index (χ4n) is 7.77. The number of ether oxygens (including phenoxy) is 1. The van der Waals surface area contributed by atoms with Gasteiger partial charge in [0.2, 0.25) is 5.91 Å². The van der Waals surface area contributed by atoms with E-state index in [4.69, 9.17) is 4.74 Å². The lowest BCUT2D eigenvalue weighted by molar-refractivity contribution is -0.148. The van der Waals surface area contributed by atoms with Crippen LogP contribution in [0.3, 0.4) is 0 Å². The van der Waals surface area contributed by atoms with Crippen LogP contribution in [-0.4, -0.2) is 46.9 Å². The molecular weight excluding hydrogens is 815 g/mol. The van der Waals surface area contributed by atoms with E-state index in [-0.39, 0.29) is 24.9 Å². The van der Waals surface area contributed by atoms with Crippen LogP contribution in [0.5, 0.6) is 0 Å². The molecule has 66 heavy (non-hydrogen) atoms. The summed E-state index contributed by atoms with van der Waals surface area (Å²) in [6.07, 6.45) is 70.7. The first-order chi connectivity index (χ1) is 32.5. The van der Waals surface area contributed by atoms with E-state index >= 15 is 0 Å². The fourth-order valence-corrected chi connectivity index (χ4v) is 7.77. The van der Waals surface area contributed by atoms with Crippen LogP contribution in [0.25, 0.3) is 0 Å². The fraction of sp³-hybridized carbons (Fsp3) is 0.700. The van der Waals surface area contributed by atoms with Crippen LogP contribution in [0, 0.1) is 0 Å². The second-order valence-corrected chi connectivity index (χ2v) is 18.3. The second kappa shape index (κ2) is 52.7. The zero-order valence-corrected chi connectivity index (χ0v) is 43.0. The Morgan fingerprint density at radius 1 is 0.485 bits per heavy atom. The monoisotopic (exact) mass is 918 g/mol. The number of hydrogen-bond acceptors (Lipinski definition) is 5. The van der Waals surface area contributed by atoms with E-state index in [0.717, 1.165) is 83.5 Å². The third-order valence-electron chi connectivity index (χ3n) is 11.9. The maximum atomic E-state index is 13.2. The molecule has 0 aromatic heterocycles. The van der Waals surface area contributed by atoms with E-state index in [1.54, 1.807) is 6.08 Å². The second-order valence-electron chi connectivity index (χ2n) is 18.3. The molecule has 3 unspecified atom stereocenters.